The van der Waals surface area contributed by atoms with Crippen LogP contribution in [-0.4, -0.2) is 51.8 Å². The number of hydrogen-bond donors (Lipinski definition) is 2. The molecule has 0 spiro atoms. The number of nitrogens with one attached hydrogen (secondary N) is 2. The van der Waals surface area contributed by atoms with Crippen molar-refractivity contribution in [2.75, 3.05) is 49.6 Å². The van der Waals surface area contributed by atoms with Gasteiger partial charge in [-0.05, 0) is 67.3 Å². The Labute approximate surface area is 189 Å². The lowest BCUT2D eigenvalue weighted by Gasteiger charge is -2.33. The van der Waals surface area contributed by atoms with Crippen LogP contribution in [0.1, 0.15) is 24.8 Å². The molecule has 1 unspecified atom stereocenters. The van der Waals surface area contributed by atoms with E-state index < -0.39 is 0 Å². The van der Waals surface area contributed by atoms with Gasteiger partial charge < -0.3 is 20.4 Å². The highest BCUT2D eigenvalue weighted by atomic mass is 35.5. The fourth-order valence-electron chi connectivity index (χ4n) is 4.46. The molecule has 30 heavy (non-hydrogen) atoms. The molecule has 2 saturated heterocycles. The fourth-order valence-corrected chi connectivity index (χ4v) is 5.42. The average molecular weight is 446 g/mol. The van der Waals surface area contributed by atoms with Crippen LogP contribution in [0.15, 0.2) is 40.7 Å². The van der Waals surface area contributed by atoms with Crippen LogP contribution in [0.4, 0.5) is 10.7 Å². The summed E-state index contributed by atoms with van der Waals surface area (Å²) in [7, 11) is 1.87. The molecule has 1 aromatic carbocycles. The van der Waals surface area contributed by atoms with Crippen LogP contribution >= 0.6 is 22.9 Å². The summed E-state index contributed by atoms with van der Waals surface area (Å²) >= 11 is 8.05. The Morgan fingerprint density at radius 1 is 1.17 bits per heavy atom. The fraction of sp³-hybridized carbons (Fsp3) is 0.522. The van der Waals surface area contributed by atoms with Crippen LogP contribution in [0.25, 0.3) is 0 Å². The molecule has 162 valence electrons. The smallest absolute Gasteiger partial charge is 0.191 e. The average Bonchev–Trinajstić information content (AvgIpc) is 3.46. The molecule has 0 bridgehead atoms. The Morgan fingerprint density at radius 3 is 2.70 bits per heavy atom. The Hall–Kier alpha value is -1.92. The first-order chi connectivity index (χ1) is 14.6. The molecule has 3 heterocycles. The molecule has 1 atom stereocenters. The van der Waals surface area contributed by atoms with E-state index in [2.05, 4.69) is 62.0 Å². The van der Waals surface area contributed by atoms with Crippen molar-refractivity contribution < 1.29 is 0 Å². The van der Waals surface area contributed by atoms with Crippen molar-refractivity contribution in [3.8, 4) is 0 Å². The molecule has 0 amide bonds. The minimum atomic E-state index is 0.488. The number of aliphatic imine (C=N–C) groups is 1. The van der Waals surface area contributed by atoms with Gasteiger partial charge in [-0.15, -0.1) is 11.3 Å². The van der Waals surface area contributed by atoms with Gasteiger partial charge in [-0.25, -0.2) is 0 Å². The highest BCUT2D eigenvalue weighted by molar-refractivity contribution is 7.14. The van der Waals surface area contributed by atoms with Crippen molar-refractivity contribution in [2.45, 2.75) is 32.2 Å². The number of benzene rings is 1. The van der Waals surface area contributed by atoms with E-state index in [0.717, 1.165) is 56.5 Å². The zero-order chi connectivity index (χ0) is 20.9. The molecule has 2 fully saturated rings. The maximum absolute atomic E-state index is 6.22. The highest BCUT2D eigenvalue weighted by Gasteiger charge is 2.25. The number of rotatable bonds is 5. The van der Waals surface area contributed by atoms with E-state index >= 15 is 0 Å². The van der Waals surface area contributed by atoms with Gasteiger partial charge in [0.1, 0.15) is 0 Å². The van der Waals surface area contributed by atoms with Gasteiger partial charge in [0.05, 0.1) is 5.00 Å². The SMILES string of the molecule is CN=C(NCC1CCN(c2cc(Cl)ccc2C)C1)NC1CCN(c2cccs2)CC1. The first kappa shape index (κ1) is 21.3. The second-order valence-electron chi connectivity index (χ2n) is 8.34. The van der Waals surface area contributed by atoms with E-state index in [1.54, 1.807) is 0 Å². The first-order valence-corrected chi connectivity index (χ1v) is 12.1. The van der Waals surface area contributed by atoms with Crippen molar-refractivity contribution in [3.05, 3.63) is 46.3 Å². The van der Waals surface area contributed by atoms with Gasteiger partial charge in [0.2, 0.25) is 0 Å². The third kappa shape index (κ3) is 5.22. The van der Waals surface area contributed by atoms with Crippen molar-refractivity contribution in [3.63, 3.8) is 0 Å². The summed E-state index contributed by atoms with van der Waals surface area (Å²) < 4.78 is 0. The molecule has 2 aromatic rings. The predicted molar refractivity (Wildman–Crippen MR) is 131 cm³/mol. The molecule has 0 saturated carbocycles. The summed E-state index contributed by atoms with van der Waals surface area (Å²) in [5, 5.41) is 11.6. The van der Waals surface area contributed by atoms with Gasteiger partial charge in [-0.2, -0.15) is 0 Å². The van der Waals surface area contributed by atoms with Crippen molar-refractivity contribution >= 4 is 39.6 Å². The summed E-state index contributed by atoms with van der Waals surface area (Å²) in [6.45, 7) is 7.46. The van der Waals surface area contributed by atoms with Crippen LogP contribution in [-0.2, 0) is 0 Å². The summed E-state index contributed by atoms with van der Waals surface area (Å²) in [4.78, 5) is 9.42. The lowest BCUT2D eigenvalue weighted by Crippen LogP contribution is -2.49. The third-order valence-electron chi connectivity index (χ3n) is 6.23. The number of hydrogen-bond acceptors (Lipinski definition) is 4. The third-order valence-corrected chi connectivity index (χ3v) is 7.40. The van der Waals surface area contributed by atoms with E-state index in [0.29, 0.717) is 12.0 Å². The standard InChI is InChI=1S/C23H32ClN5S/c1-17-5-6-19(24)14-21(17)29-10-7-18(16-29)15-26-23(25-2)27-20-8-11-28(12-9-20)22-4-3-13-30-22/h3-6,13-14,18,20H,7-12,15-16H2,1-2H3,(H2,25,26,27). The summed E-state index contributed by atoms with van der Waals surface area (Å²) in [6, 6.07) is 11.0. The number of halogens is 1. The molecule has 7 heteroatoms. The van der Waals surface area contributed by atoms with Gasteiger partial charge in [-0.1, -0.05) is 17.7 Å². The second-order valence-corrected chi connectivity index (χ2v) is 9.70. The highest BCUT2D eigenvalue weighted by Crippen LogP contribution is 2.29. The monoisotopic (exact) mass is 445 g/mol. The summed E-state index contributed by atoms with van der Waals surface area (Å²) in [5.74, 6) is 1.55. The molecule has 5 nitrogen and oxygen atoms in total. The summed E-state index contributed by atoms with van der Waals surface area (Å²) in [6.07, 6.45) is 3.48. The number of aryl methyl sites for hydroxylation is 1. The van der Waals surface area contributed by atoms with Gasteiger partial charge in [0.15, 0.2) is 5.96 Å². The van der Waals surface area contributed by atoms with Crippen molar-refractivity contribution in [2.24, 2.45) is 10.9 Å². The minimum Gasteiger partial charge on any atom is -0.371 e. The second kappa shape index (κ2) is 9.92. The van der Waals surface area contributed by atoms with E-state index in [1.165, 1.54) is 22.7 Å². The Morgan fingerprint density at radius 2 is 1.97 bits per heavy atom. The molecule has 2 aliphatic rings. The number of piperidine rings is 1. The normalized spacial score (nSPS) is 20.6. The van der Waals surface area contributed by atoms with E-state index in [4.69, 9.17) is 11.6 Å². The molecule has 4 rings (SSSR count). The van der Waals surface area contributed by atoms with E-state index in [9.17, 15) is 0 Å². The maximum Gasteiger partial charge on any atom is 0.191 e. The van der Waals surface area contributed by atoms with Crippen LogP contribution in [0.2, 0.25) is 5.02 Å². The Bertz CT molecular complexity index is 845. The molecule has 0 aliphatic carbocycles. The molecular formula is C23H32ClN5S. The van der Waals surface area contributed by atoms with E-state index in [1.807, 2.05) is 24.5 Å². The van der Waals surface area contributed by atoms with Crippen molar-refractivity contribution in [1.82, 2.24) is 10.6 Å². The lowest BCUT2D eigenvalue weighted by molar-refractivity contribution is 0.459. The molecule has 2 aliphatic heterocycles. The number of guanidine groups is 1. The Kier molecular flexibility index (Phi) is 7.05. The number of anilines is 2. The van der Waals surface area contributed by atoms with Gasteiger partial charge in [-0.3, -0.25) is 4.99 Å². The summed E-state index contributed by atoms with van der Waals surface area (Å²) in [5.41, 5.74) is 2.56. The van der Waals surface area contributed by atoms with Gasteiger partial charge in [0, 0.05) is 56.5 Å². The molecule has 1 aromatic heterocycles. The zero-order valence-corrected chi connectivity index (χ0v) is 19.5. The van der Waals surface area contributed by atoms with E-state index in [-0.39, 0.29) is 0 Å². The minimum absolute atomic E-state index is 0.488. The van der Waals surface area contributed by atoms with Gasteiger partial charge >= 0.3 is 0 Å². The molecule has 0 radical (unpaired) electrons. The predicted octanol–water partition coefficient (Wildman–Crippen LogP) is 4.37. The zero-order valence-electron chi connectivity index (χ0n) is 17.9. The van der Waals surface area contributed by atoms with Crippen molar-refractivity contribution in [1.29, 1.82) is 0 Å². The molecular weight excluding hydrogens is 414 g/mol. The van der Waals surface area contributed by atoms with Crippen LogP contribution in [0.5, 0.6) is 0 Å². The van der Waals surface area contributed by atoms with Crippen LogP contribution < -0.4 is 20.4 Å². The van der Waals surface area contributed by atoms with Gasteiger partial charge in [0.25, 0.3) is 0 Å². The largest absolute Gasteiger partial charge is 0.371 e. The first-order valence-electron chi connectivity index (χ1n) is 10.9. The lowest BCUT2D eigenvalue weighted by atomic mass is 10.1. The topological polar surface area (TPSA) is 42.9 Å². The number of thiophene rings is 1. The number of nitrogens with zero attached hydrogens (tertiary/aromatic N) is 3. The maximum atomic E-state index is 6.22. The quantitative estimate of drug-likeness (QED) is 0.529. The molecule has 2 N–H and O–H groups in total. The van der Waals surface area contributed by atoms with Crippen LogP contribution in [0.3, 0.4) is 0 Å². The van der Waals surface area contributed by atoms with Crippen LogP contribution in [0, 0.1) is 12.8 Å². The Balaban J connectivity index is 1.22.